The number of amides is 1. The summed E-state index contributed by atoms with van der Waals surface area (Å²) in [5, 5.41) is 3.98. The SMILES string of the molecule is CN(C)c1ccc(/C=N/NC(=O)c2ccc(N(C)S(=O)(=O)c3ccccc3)cc2)cc1. The molecule has 0 bridgehead atoms. The Morgan fingerprint density at radius 3 is 2.00 bits per heavy atom. The van der Waals surface area contributed by atoms with E-state index in [4.69, 9.17) is 0 Å². The Labute approximate surface area is 182 Å². The molecule has 8 heteroatoms. The second kappa shape index (κ2) is 9.44. The summed E-state index contributed by atoms with van der Waals surface area (Å²) in [5.74, 6) is -0.388. The predicted octanol–water partition coefficient (Wildman–Crippen LogP) is 3.34. The van der Waals surface area contributed by atoms with Gasteiger partial charge >= 0.3 is 0 Å². The molecule has 1 N–H and O–H groups in total. The lowest BCUT2D eigenvalue weighted by Gasteiger charge is -2.19. The van der Waals surface area contributed by atoms with Crippen LogP contribution in [0.5, 0.6) is 0 Å². The highest BCUT2D eigenvalue weighted by atomic mass is 32.2. The smallest absolute Gasteiger partial charge is 0.271 e. The van der Waals surface area contributed by atoms with Crippen LogP contribution >= 0.6 is 0 Å². The number of rotatable bonds is 7. The Kier molecular flexibility index (Phi) is 6.71. The molecule has 3 rings (SSSR count). The first-order valence-electron chi connectivity index (χ1n) is 9.54. The molecule has 0 spiro atoms. The van der Waals surface area contributed by atoms with Gasteiger partial charge in [-0.2, -0.15) is 5.10 Å². The van der Waals surface area contributed by atoms with Crippen LogP contribution < -0.4 is 14.6 Å². The molecule has 31 heavy (non-hydrogen) atoms. The lowest BCUT2D eigenvalue weighted by atomic mass is 10.2. The van der Waals surface area contributed by atoms with Crippen molar-refractivity contribution in [2.45, 2.75) is 4.90 Å². The van der Waals surface area contributed by atoms with Gasteiger partial charge in [0.05, 0.1) is 16.8 Å². The van der Waals surface area contributed by atoms with Crippen LogP contribution in [0.1, 0.15) is 15.9 Å². The van der Waals surface area contributed by atoms with Gasteiger partial charge in [0.2, 0.25) is 0 Å². The van der Waals surface area contributed by atoms with Crippen molar-refractivity contribution >= 4 is 33.5 Å². The first-order chi connectivity index (χ1) is 14.8. The van der Waals surface area contributed by atoms with Crippen LogP contribution in [0, 0.1) is 0 Å². The maximum atomic E-state index is 12.7. The zero-order valence-electron chi connectivity index (χ0n) is 17.6. The molecule has 0 heterocycles. The first-order valence-corrected chi connectivity index (χ1v) is 11.0. The number of nitrogens with one attached hydrogen (secondary N) is 1. The van der Waals surface area contributed by atoms with Crippen molar-refractivity contribution in [2.24, 2.45) is 5.10 Å². The van der Waals surface area contributed by atoms with Crippen molar-refractivity contribution in [3.8, 4) is 0 Å². The van der Waals surface area contributed by atoms with E-state index in [0.717, 1.165) is 11.3 Å². The van der Waals surface area contributed by atoms with Crippen LogP contribution in [0.15, 0.2) is 88.9 Å². The maximum Gasteiger partial charge on any atom is 0.271 e. The Morgan fingerprint density at radius 1 is 0.839 bits per heavy atom. The van der Waals surface area contributed by atoms with E-state index in [-0.39, 0.29) is 10.8 Å². The highest BCUT2D eigenvalue weighted by Gasteiger charge is 2.21. The third-order valence-corrected chi connectivity index (χ3v) is 6.48. The van der Waals surface area contributed by atoms with Gasteiger partial charge in [0.25, 0.3) is 15.9 Å². The number of anilines is 2. The number of benzene rings is 3. The Bertz CT molecular complexity index is 1160. The van der Waals surface area contributed by atoms with Gasteiger partial charge in [0.15, 0.2) is 0 Å². The maximum absolute atomic E-state index is 12.7. The van der Waals surface area contributed by atoms with Crippen LogP contribution in [0.25, 0.3) is 0 Å². The Hall–Kier alpha value is -3.65. The molecule has 1 amide bonds. The van der Waals surface area contributed by atoms with Crippen LogP contribution in [0.3, 0.4) is 0 Å². The van der Waals surface area contributed by atoms with Gasteiger partial charge in [-0.1, -0.05) is 30.3 Å². The molecule has 0 saturated carbocycles. The Balaban J connectivity index is 1.64. The fourth-order valence-electron chi connectivity index (χ4n) is 2.80. The van der Waals surface area contributed by atoms with Crippen LogP contribution in [-0.2, 0) is 10.0 Å². The molecule has 0 radical (unpaired) electrons. The average molecular weight is 437 g/mol. The van der Waals surface area contributed by atoms with Crippen LogP contribution in [0.4, 0.5) is 11.4 Å². The number of carbonyl (C=O) groups is 1. The summed E-state index contributed by atoms with van der Waals surface area (Å²) < 4.78 is 26.6. The van der Waals surface area contributed by atoms with Gasteiger partial charge in [-0.25, -0.2) is 13.8 Å². The van der Waals surface area contributed by atoms with Gasteiger partial charge in [0, 0.05) is 32.4 Å². The summed E-state index contributed by atoms with van der Waals surface area (Å²) >= 11 is 0. The van der Waals surface area contributed by atoms with Crippen molar-refractivity contribution in [2.75, 3.05) is 30.3 Å². The summed E-state index contributed by atoms with van der Waals surface area (Å²) in [7, 11) is 1.73. The highest BCUT2D eigenvalue weighted by molar-refractivity contribution is 7.92. The Morgan fingerprint density at radius 2 is 1.42 bits per heavy atom. The largest absolute Gasteiger partial charge is 0.378 e. The predicted molar refractivity (Wildman–Crippen MR) is 124 cm³/mol. The summed E-state index contributed by atoms with van der Waals surface area (Å²) in [6.45, 7) is 0. The highest BCUT2D eigenvalue weighted by Crippen LogP contribution is 2.22. The van der Waals surface area contributed by atoms with Gasteiger partial charge in [0.1, 0.15) is 0 Å². The minimum Gasteiger partial charge on any atom is -0.378 e. The molecule has 0 saturated heterocycles. The zero-order chi connectivity index (χ0) is 22.4. The molecule has 0 aliphatic rings. The fraction of sp³-hybridized carbons (Fsp3) is 0.130. The topological polar surface area (TPSA) is 82.1 Å². The second-order valence-electron chi connectivity index (χ2n) is 7.02. The lowest BCUT2D eigenvalue weighted by Crippen LogP contribution is -2.26. The summed E-state index contributed by atoms with van der Waals surface area (Å²) in [6.07, 6.45) is 1.56. The van der Waals surface area contributed by atoms with E-state index >= 15 is 0 Å². The number of sulfonamides is 1. The molecule has 160 valence electrons. The molecule has 3 aromatic rings. The average Bonchev–Trinajstić information content (AvgIpc) is 2.79. The zero-order valence-corrected chi connectivity index (χ0v) is 18.4. The molecule has 7 nitrogen and oxygen atoms in total. The van der Waals surface area contributed by atoms with E-state index in [2.05, 4.69) is 10.5 Å². The monoisotopic (exact) mass is 436 g/mol. The molecule has 3 aromatic carbocycles. The van der Waals surface area contributed by atoms with E-state index in [9.17, 15) is 13.2 Å². The molecule has 0 aromatic heterocycles. The third kappa shape index (κ3) is 5.29. The molecular formula is C23H24N4O3S. The second-order valence-corrected chi connectivity index (χ2v) is 8.99. The van der Waals surface area contributed by atoms with Gasteiger partial charge < -0.3 is 4.90 Å². The van der Waals surface area contributed by atoms with Crippen molar-refractivity contribution in [1.82, 2.24) is 5.43 Å². The van der Waals surface area contributed by atoms with Gasteiger partial charge in [-0.15, -0.1) is 0 Å². The molecule has 0 fully saturated rings. The molecule has 0 aliphatic carbocycles. The van der Waals surface area contributed by atoms with Crippen LogP contribution in [-0.4, -0.2) is 41.7 Å². The van der Waals surface area contributed by atoms with E-state index < -0.39 is 10.0 Å². The third-order valence-electron chi connectivity index (χ3n) is 4.68. The number of hydrazone groups is 1. The van der Waals surface area contributed by atoms with Gasteiger partial charge in [-0.05, 0) is 54.1 Å². The molecule has 0 unspecified atom stereocenters. The van der Waals surface area contributed by atoms with Crippen molar-refractivity contribution in [3.63, 3.8) is 0 Å². The minimum absolute atomic E-state index is 0.201. The van der Waals surface area contributed by atoms with E-state index in [1.54, 1.807) is 60.8 Å². The number of nitrogens with zero attached hydrogens (tertiary/aromatic N) is 3. The fourth-order valence-corrected chi connectivity index (χ4v) is 4.02. The quantitative estimate of drug-likeness (QED) is 0.455. The summed E-state index contributed by atoms with van der Waals surface area (Å²) in [6, 6.07) is 22.2. The summed E-state index contributed by atoms with van der Waals surface area (Å²) in [4.78, 5) is 14.5. The van der Waals surface area contributed by atoms with E-state index in [0.29, 0.717) is 11.3 Å². The van der Waals surface area contributed by atoms with Gasteiger partial charge in [-0.3, -0.25) is 9.10 Å². The molecular weight excluding hydrogens is 412 g/mol. The number of hydrogen-bond acceptors (Lipinski definition) is 5. The summed E-state index contributed by atoms with van der Waals surface area (Å²) in [5.41, 5.74) is 5.22. The standard InChI is InChI=1S/C23H24N4O3S/c1-26(2)20-13-9-18(10-14-20)17-24-25-23(28)19-11-15-21(16-12-19)27(3)31(29,30)22-7-5-4-6-8-22/h4-17H,1-3H3,(H,25,28)/b24-17+. The number of carbonyl (C=O) groups excluding carboxylic acids is 1. The van der Waals surface area contributed by atoms with E-state index in [1.807, 2.05) is 43.3 Å². The minimum atomic E-state index is -3.67. The van der Waals surface area contributed by atoms with Crippen molar-refractivity contribution in [1.29, 1.82) is 0 Å². The lowest BCUT2D eigenvalue weighted by molar-refractivity contribution is 0.0955. The number of hydrogen-bond donors (Lipinski definition) is 1. The normalized spacial score (nSPS) is 11.3. The molecule has 0 atom stereocenters. The van der Waals surface area contributed by atoms with Crippen LogP contribution in [0.2, 0.25) is 0 Å². The van der Waals surface area contributed by atoms with E-state index in [1.165, 1.54) is 11.4 Å². The molecule has 0 aliphatic heterocycles. The van der Waals surface area contributed by atoms with Crippen molar-refractivity contribution < 1.29 is 13.2 Å². The van der Waals surface area contributed by atoms with Crippen molar-refractivity contribution in [3.05, 3.63) is 90.0 Å². The first kappa shape index (κ1) is 22.0.